The molecule has 0 aliphatic carbocycles. The summed E-state index contributed by atoms with van der Waals surface area (Å²) in [6.45, 7) is 0.532. The Labute approximate surface area is 97.2 Å². The van der Waals surface area contributed by atoms with E-state index in [2.05, 4.69) is 15.2 Å². The fourth-order valence-corrected chi connectivity index (χ4v) is 1.99. The van der Waals surface area contributed by atoms with Gasteiger partial charge in [-0.2, -0.15) is 4.80 Å². The third kappa shape index (κ3) is 1.73. The number of aromatic nitrogens is 4. The van der Waals surface area contributed by atoms with Crippen molar-refractivity contribution >= 4 is 16.9 Å². The zero-order valence-corrected chi connectivity index (χ0v) is 9.15. The van der Waals surface area contributed by atoms with Crippen LogP contribution >= 0.6 is 0 Å². The fourth-order valence-electron chi connectivity index (χ4n) is 1.99. The molecule has 0 bridgehead atoms. The predicted molar refractivity (Wildman–Crippen MR) is 60.2 cm³/mol. The molecular formula is C10H13N5O2. The highest BCUT2D eigenvalue weighted by Crippen LogP contribution is 2.24. The summed E-state index contributed by atoms with van der Waals surface area (Å²) in [5, 5.41) is 17.6. The van der Waals surface area contributed by atoms with Crippen LogP contribution in [0.4, 0.5) is 5.69 Å². The second kappa shape index (κ2) is 3.94. The minimum Gasteiger partial charge on any atom is -0.397 e. The highest BCUT2D eigenvalue weighted by atomic mass is 16.5. The number of anilines is 1. The van der Waals surface area contributed by atoms with Crippen molar-refractivity contribution in [1.29, 1.82) is 0 Å². The number of aliphatic hydroxyl groups excluding tert-OH is 1. The molecule has 3 heterocycles. The van der Waals surface area contributed by atoms with Crippen LogP contribution in [0.2, 0.25) is 0 Å². The molecular weight excluding hydrogens is 222 g/mol. The lowest BCUT2D eigenvalue weighted by molar-refractivity contribution is 0.0570. The molecule has 7 nitrogen and oxygen atoms in total. The lowest BCUT2D eigenvalue weighted by Crippen LogP contribution is -2.13. The molecule has 0 radical (unpaired) electrons. The van der Waals surface area contributed by atoms with Crippen molar-refractivity contribution in [3.8, 4) is 0 Å². The molecule has 90 valence electrons. The molecule has 17 heavy (non-hydrogen) atoms. The van der Waals surface area contributed by atoms with E-state index in [1.165, 1.54) is 0 Å². The van der Waals surface area contributed by atoms with E-state index in [-0.39, 0.29) is 18.8 Å². The molecule has 2 aromatic heterocycles. The van der Waals surface area contributed by atoms with Crippen LogP contribution in [-0.2, 0) is 4.74 Å². The number of nitrogen functional groups attached to an aromatic ring is 1. The number of rotatable bonds is 2. The van der Waals surface area contributed by atoms with Crippen LogP contribution in [0.1, 0.15) is 12.5 Å². The summed E-state index contributed by atoms with van der Waals surface area (Å²) in [4.78, 5) is 5.70. The summed E-state index contributed by atoms with van der Waals surface area (Å²) in [5.41, 5.74) is 7.51. The monoisotopic (exact) mass is 235 g/mol. The van der Waals surface area contributed by atoms with Gasteiger partial charge in [0.05, 0.1) is 31.0 Å². The summed E-state index contributed by atoms with van der Waals surface area (Å²) in [6.07, 6.45) is 2.19. The number of hydrogen-bond donors (Lipinski definition) is 2. The average Bonchev–Trinajstić information content (AvgIpc) is 2.95. The molecule has 7 heteroatoms. The Balaban J connectivity index is 1.94. The number of pyridine rings is 1. The van der Waals surface area contributed by atoms with E-state index in [0.29, 0.717) is 29.9 Å². The van der Waals surface area contributed by atoms with E-state index in [1.807, 2.05) is 0 Å². The Kier molecular flexibility index (Phi) is 2.41. The molecule has 0 amide bonds. The zero-order valence-electron chi connectivity index (χ0n) is 9.15. The molecule has 3 rings (SSSR count). The summed E-state index contributed by atoms with van der Waals surface area (Å²) in [7, 11) is 0. The largest absolute Gasteiger partial charge is 0.397 e. The lowest BCUT2D eigenvalue weighted by atomic mass is 10.2. The van der Waals surface area contributed by atoms with Gasteiger partial charge in [-0.15, -0.1) is 10.2 Å². The first-order chi connectivity index (χ1) is 8.28. The Morgan fingerprint density at radius 2 is 2.41 bits per heavy atom. The number of hydrogen-bond acceptors (Lipinski definition) is 6. The quantitative estimate of drug-likeness (QED) is 0.743. The first-order valence-electron chi connectivity index (χ1n) is 5.47. The Morgan fingerprint density at radius 3 is 3.12 bits per heavy atom. The fraction of sp³-hybridized carbons (Fsp3) is 0.500. The van der Waals surface area contributed by atoms with Crippen molar-refractivity contribution in [2.24, 2.45) is 0 Å². The maximum absolute atomic E-state index is 9.01. The molecule has 0 unspecified atom stereocenters. The number of ether oxygens (including phenoxy) is 1. The summed E-state index contributed by atoms with van der Waals surface area (Å²) in [5.74, 6) is 0. The maximum Gasteiger partial charge on any atom is 0.203 e. The van der Waals surface area contributed by atoms with Crippen molar-refractivity contribution in [3.63, 3.8) is 0 Å². The summed E-state index contributed by atoms with van der Waals surface area (Å²) < 4.78 is 5.39. The Morgan fingerprint density at radius 1 is 1.53 bits per heavy atom. The lowest BCUT2D eigenvalue weighted by Gasteiger charge is -2.05. The molecule has 1 aliphatic rings. The predicted octanol–water partition coefficient (Wildman–Crippen LogP) is -0.269. The van der Waals surface area contributed by atoms with Crippen LogP contribution in [0.5, 0.6) is 0 Å². The van der Waals surface area contributed by atoms with E-state index in [9.17, 15) is 0 Å². The van der Waals surface area contributed by atoms with Gasteiger partial charge in [0.2, 0.25) is 5.65 Å². The molecule has 1 saturated heterocycles. The molecule has 1 aliphatic heterocycles. The van der Waals surface area contributed by atoms with Crippen molar-refractivity contribution in [1.82, 2.24) is 20.0 Å². The minimum atomic E-state index is -0.126. The smallest absolute Gasteiger partial charge is 0.203 e. The first-order valence-corrected chi connectivity index (χ1v) is 5.47. The van der Waals surface area contributed by atoms with E-state index in [0.717, 1.165) is 0 Å². The number of fused-ring (bicyclic) bond motifs is 1. The molecule has 0 spiro atoms. The number of aliphatic hydroxyl groups is 1. The number of nitrogens with two attached hydrogens (primary N) is 1. The minimum absolute atomic E-state index is 0.0255. The van der Waals surface area contributed by atoms with Gasteiger partial charge in [0.15, 0.2) is 5.52 Å². The molecule has 1 fully saturated rings. The van der Waals surface area contributed by atoms with Crippen LogP contribution in [0.25, 0.3) is 11.2 Å². The van der Waals surface area contributed by atoms with E-state index < -0.39 is 0 Å². The zero-order chi connectivity index (χ0) is 11.8. The second-order valence-corrected chi connectivity index (χ2v) is 4.12. The number of nitrogens with zero attached hydrogens (tertiary/aromatic N) is 4. The van der Waals surface area contributed by atoms with Gasteiger partial charge in [-0.05, 0) is 6.07 Å². The third-order valence-electron chi connectivity index (χ3n) is 2.93. The van der Waals surface area contributed by atoms with Crippen LogP contribution in [0, 0.1) is 0 Å². The van der Waals surface area contributed by atoms with Crippen molar-refractivity contribution < 1.29 is 9.84 Å². The normalized spacial score (nSPS) is 24.5. The highest BCUT2D eigenvalue weighted by Gasteiger charge is 2.28. The maximum atomic E-state index is 9.01. The molecule has 2 atom stereocenters. The molecule has 0 saturated carbocycles. The van der Waals surface area contributed by atoms with E-state index in [4.69, 9.17) is 15.6 Å². The van der Waals surface area contributed by atoms with Gasteiger partial charge in [-0.25, -0.2) is 4.98 Å². The van der Waals surface area contributed by atoms with E-state index in [1.54, 1.807) is 17.1 Å². The molecule has 0 aromatic carbocycles. The SMILES string of the molecule is Nc1ccnc2nn([C@H]3CO[C@@H](CO)C3)nc12. The van der Waals surface area contributed by atoms with Gasteiger partial charge in [0.1, 0.15) is 0 Å². The first kappa shape index (κ1) is 10.4. The van der Waals surface area contributed by atoms with Crippen LogP contribution in [0.15, 0.2) is 12.3 Å². The van der Waals surface area contributed by atoms with Crippen molar-refractivity contribution in [3.05, 3.63) is 12.3 Å². The standard InChI is InChI=1S/C10H13N5O2/c11-8-1-2-12-10-9(8)13-15(14-10)6-3-7(4-16)17-5-6/h1-2,6-7,16H,3-5,11H2/t6-,7-/m1/s1. The average molecular weight is 235 g/mol. The van der Waals surface area contributed by atoms with Gasteiger partial charge >= 0.3 is 0 Å². The van der Waals surface area contributed by atoms with Crippen molar-refractivity contribution in [2.75, 3.05) is 18.9 Å². The summed E-state index contributed by atoms with van der Waals surface area (Å²) >= 11 is 0. The van der Waals surface area contributed by atoms with Gasteiger partial charge in [0, 0.05) is 12.6 Å². The topological polar surface area (TPSA) is 99.1 Å². The molecule has 2 aromatic rings. The Hall–Kier alpha value is -1.73. The van der Waals surface area contributed by atoms with Gasteiger partial charge in [-0.1, -0.05) is 0 Å². The van der Waals surface area contributed by atoms with Gasteiger partial charge in [-0.3, -0.25) is 0 Å². The van der Waals surface area contributed by atoms with Gasteiger partial charge in [0.25, 0.3) is 0 Å². The van der Waals surface area contributed by atoms with Crippen LogP contribution < -0.4 is 5.73 Å². The van der Waals surface area contributed by atoms with Crippen molar-refractivity contribution in [2.45, 2.75) is 18.6 Å². The second-order valence-electron chi connectivity index (χ2n) is 4.12. The van der Waals surface area contributed by atoms with Gasteiger partial charge < -0.3 is 15.6 Å². The highest BCUT2D eigenvalue weighted by molar-refractivity contribution is 5.82. The summed E-state index contributed by atoms with van der Waals surface area (Å²) in [6, 6.07) is 1.74. The van der Waals surface area contributed by atoms with E-state index >= 15 is 0 Å². The Bertz CT molecular complexity index is 540. The third-order valence-corrected chi connectivity index (χ3v) is 2.93. The van der Waals surface area contributed by atoms with Crippen LogP contribution in [-0.4, -0.2) is 44.4 Å². The molecule has 3 N–H and O–H groups in total. The van der Waals surface area contributed by atoms with Crippen LogP contribution in [0.3, 0.4) is 0 Å².